The van der Waals surface area contributed by atoms with Crippen LogP contribution in [0.1, 0.15) is 19.4 Å². The van der Waals surface area contributed by atoms with Gasteiger partial charge in [-0.15, -0.1) is 0 Å². The number of benzene rings is 1. The van der Waals surface area contributed by atoms with Crippen LogP contribution in [0.4, 0.5) is 13.2 Å². The predicted octanol–water partition coefficient (Wildman–Crippen LogP) is 4.13. The minimum absolute atomic E-state index is 0.00220. The van der Waals surface area contributed by atoms with Gasteiger partial charge in [-0.05, 0) is 12.0 Å². The van der Waals surface area contributed by atoms with Gasteiger partial charge in [-0.25, -0.2) is 4.98 Å². The molecule has 130 valence electrons. The third kappa shape index (κ3) is 3.40. The number of nitrogens with zero attached hydrogens (tertiary/aromatic N) is 3. The highest BCUT2D eigenvalue weighted by Gasteiger charge is 2.35. The number of fused-ring (bicyclic) bond motifs is 1. The molecule has 7 heteroatoms. The summed E-state index contributed by atoms with van der Waals surface area (Å²) >= 11 is 0. The molecular formula is C18H16F3N3O. The fourth-order valence-corrected chi connectivity index (χ4v) is 2.70. The molecule has 0 fully saturated rings. The average molecular weight is 347 g/mol. The highest BCUT2D eigenvalue weighted by Crippen LogP contribution is 2.35. The van der Waals surface area contributed by atoms with E-state index in [9.17, 15) is 18.0 Å². The molecule has 0 radical (unpaired) electrons. The zero-order valence-corrected chi connectivity index (χ0v) is 13.7. The standard InChI is InChI=1S/C18H16F3N3O/c1-11(2)9-24-10-22-17(25)15-13(18(19,20)21)8-14(23-16(15)24)12-6-4-3-5-7-12/h3-8,10-11H,9H2,1-2H3. The van der Waals surface area contributed by atoms with Crippen molar-refractivity contribution >= 4 is 11.0 Å². The Morgan fingerprint density at radius 3 is 2.44 bits per heavy atom. The summed E-state index contributed by atoms with van der Waals surface area (Å²) < 4.78 is 42.3. The summed E-state index contributed by atoms with van der Waals surface area (Å²) in [7, 11) is 0. The molecule has 0 amide bonds. The van der Waals surface area contributed by atoms with Gasteiger partial charge in [-0.3, -0.25) is 4.79 Å². The fourth-order valence-electron chi connectivity index (χ4n) is 2.70. The van der Waals surface area contributed by atoms with E-state index < -0.39 is 22.7 Å². The van der Waals surface area contributed by atoms with Crippen LogP contribution in [-0.4, -0.2) is 14.5 Å². The lowest BCUT2D eigenvalue weighted by Gasteiger charge is -2.16. The summed E-state index contributed by atoms with van der Waals surface area (Å²) in [6.45, 7) is 4.26. The molecule has 0 saturated carbocycles. The van der Waals surface area contributed by atoms with Crippen LogP contribution < -0.4 is 5.56 Å². The second-order valence-electron chi connectivity index (χ2n) is 6.21. The van der Waals surface area contributed by atoms with Crippen molar-refractivity contribution in [3.63, 3.8) is 0 Å². The van der Waals surface area contributed by atoms with Crippen LogP contribution in [0.15, 0.2) is 47.5 Å². The third-order valence-corrected chi connectivity index (χ3v) is 3.74. The first-order valence-electron chi connectivity index (χ1n) is 7.80. The maximum Gasteiger partial charge on any atom is 0.417 e. The van der Waals surface area contributed by atoms with Gasteiger partial charge in [0.15, 0.2) is 0 Å². The summed E-state index contributed by atoms with van der Waals surface area (Å²) in [6.07, 6.45) is -3.42. The highest BCUT2D eigenvalue weighted by atomic mass is 19.4. The summed E-state index contributed by atoms with van der Waals surface area (Å²) in [5, 5.41) is -0.490. The number of rotatable bonds is 3. The first kappa shape index (κ1) is 17.1. The highest BCUT2D eigenvalue weighted by molar-refractivity contribution is 5.82. The minimum Gasteiger partial charge on any atom is -0.316 e. The second-order valence-corrected chi connectivity index (χ2v) is 6.21. The quantitative estimate of drug-likeness (QED) is 0.716. The molecule has 0 aliphatic carbocycles. The Labute approximate surface area is 142 Å². The van der Waals surface area contributed by atoms with E-state index in [4.69, 9.17) is 0 Å². The normalized spacial score (nSPS) is 12.1. The number of hydrogen-bond donors (Lipinski definition) is 0. The Hall–Kier alpha value is -2.70. The molecular weight excluding hydrogens is 331 g/mol. The summed E-state index contributed by atoms with van der Waals surface area (Å²) in [5.74, 6) is 0.157. The molecule has 0 aliphatic rings. The van der Waals surface area contributed by atoms with E-state index in [-0.39, 0.29) is 17.3 Å². The van der Waals surface area contributed by atoms with Gasteiger partial charge >= 0.3 is 6.18 Å². The van der Waals surface area contributed by atoms with E-state index in [1.54, 1.807) is 30.3 Å². The van der Waals surface area contributed by atoms with E-state index >= 15 is 0 Å². The SMILES string of the molecule is CC(C)Cn1cnc(=O)c2c(C(F)(F)F)cc(-c3ccccc3)nc21. The molecule has 0 unspecified atom stereocenters. The topological polar surface area (TPSA) is 47.8 Å². The molecule has 3 aromatic rings. The van der Waals surface area contributed by atoms with Crippen molar-refractivity contribution in [3.05, 3.63) is 58.6 Å². The molecule has 2 heterocycles. The van der Waals surface area contributed by atoms with Crippen molar-refractivity contribution in [2.45, 2.75) is 26.6 Å². The van der Waals surface area contributed by atoms with Crippen molar-refractivity contribution in [2.24, 2.45) is 5.92 Å². The number of halogens is 3. The van der Waals surface area contributed by atoms with Crippen LogP contribution in [-0.2, 0) is 12.7 Å². The zero-order valence-electron chi connectivity index (χ0n) is 13.7. The lowest BCUT2D eigenvalue weighted by molar-refractivity contribution is -0.136. The number of pyridine rings is 1. The van der Waals surface area contributed by atoms with Crippen molar-refractivity contribution in [3.8, 4) is 11.3 Å². The molecule has 0 spiro atoms. The van der Waals surface area contributed by atoms with Crippen molar-refractivity contribution in [1.82, 2.24) is 14.5 Å². The number of alkyl halides is 3. The van der Waals surface area contributed by atoms with E-state index in [2.05, 4.69) is 9.97 Å². The maximum absolute atomic E-state index is 13.6. The smallest absolute Gasteiger partial charge is 0.316 e. The molecule has 3 rings (SSSR count). The molecule has 1 aromatic carbocycles. The van der Waals surface area contributed by atoms with Crippen LogP contribution in [0.2, 0.25) is 0 Å². The van der Waals surface area contributed by atoms with Crippen molar-refractivity contribution in [2.75, 3.05) is 0 Å². The zero-order chi connectivity index (χ0) is 18.2. The molecule has 0 N–H and O–H groups in total. The Balaban J connectivity index is 2.40. The molecule has 0 atom stereocenters. The summed E-state index contributed by atoms with van der Waals surface area (Å²) in [4.78, 5) is 20.0. The Morgan fingerprint density at radius 2 is 1.84 bits per heavy atom. The Kier molecular flexibility index (Phi) is 4.32. The Morgan fingerprint density at radius 1 is 1.16 bits per heavy atom. The predicted molar refractivity (Wildman–Crippen MR) is 89.1 cm³/mol. The van der Waals surface area contributed by atoms with E-state index in [1.807, 2.05) is 13.8 Å². The van der Waals surface area contributed by atoms with Crippen LogP contribution in [0.5, 0.6) is 0 Å². The molecule has 0 saturated heterocycles. The third-order valence-electron chi connectivity index (χ3n) is 3.74. The average Bonchev–Trinajstić information content (AvgIpc) is 2.56. The number of aromatic nitrogens is 3. The molecule has 25 heavy (non-hydrogen) atoms. The lowest BCUT2D eigenvalue weighted by atomic mass is 10.1. The summed E-state index contributed by atoms with van der Waals surface area (Å²) in [6, 6.07) is 9.50. The largest absolute Gasteiger partial charge is 0.417 e. The van der Waals surface area contributed by atoms with Gasteiger partial charge in [0.05, 0.1) is 16.6 Å². The van der Waals surface area contributed by atoms with Gasteiger partial charge < -0.3 is 4.57 Å². The first-order chi connectivity index (χ1) is 11.8. The lowest BCUT2D eigenvalue weighted by Crippen LogP contribution is -2.20. The Bertz CT molecular complexity index is 963. The van der Waals surface area contributed by atoms with Crippen LogP contribution in [0, 0.1) is 5.92 Å². The molecule has 0 aliphatic heterocycles. The van der Waals surface area contributed by atoms with E-state index in [1.165, 1.54) is 10.9 Å². The van der Waals surface area contributed by atoms with Crippen molar-refractivity contribution in [1.29, 1.82) is 0 Å². The van der Waals surface area contributed by atoms with E-state index in [0.29, 0.717) is 12.1 Å². The minimum atomic E-state index is -4.68. The van der Waals surface area contributed by atoms with Crippen LogP contribution in [0.3, 0.4) is 0 Å². The van der Waals surface area contributed by atoms with Gasteiger partial charge in [0.2, 0.25) is 0 Å². The monoisotopic (exact) mass is 347 g/mol. The maximum atomic E-state index is 13.6. The van der Waals surface area contributed by atoms with Crippen LogP contribution in [0.25, 0.3) is 22.3 Å². The molecule has 2 aromatic heterocycles. The molecule has 4 nitrogen and oxygen atoms in total. The van der Waals surface area contributed by atoms with Gasteiger partial charge in [0.25, 0.3) is 5.56 Å². The fraction of sp³-hybridized carbons (Fsp3) is 0.278. The van der Waals surface area contributed by atoms with Crippen LogP contribution >= 0.6 is 0 Å². The van der Waals surface area contributed by atoms with Crippen molar-refractivity contribution < 1.29 is 13.2 Å². The number of hydrogen-bond acceptors (Lipinski definition) is 3. The molecule has 0 bridgehead atoms. The summed E-state index contributed by atoms with van der Waals surface area (Å²) in [5.41, 5.74) is -1.21. The first-order valence-corrected chi connectivity index (χ1v) is 7.80. The van der Waals surface area contributed by atoms with Gasteiger partial charge in [-0.2, -0.15) is 18.2 Å². The van der Waals surface area contributed by atoms with E-state index in [0.717, 1.165) is 6.07 Å². The van der Waals surface area contributed by atoms with Gasteiger partial charge in [0.1, 0.15) is 12.0 Å². The van der Waals surface area contributed by atoms with Gasteiger partial charge in [-0.1, -0.05) is 44.2 Å². The van der Waals surface area contributed by atoms with Gasteiger partial charge in [0, 0.05) is 12.1 Å². The second kappa shape index (κ2) is 6.31.